The van der Waals surface area contributed by atoms with Gasteiger partial charge in [0.15, 0.2) is 0 Å². The lowest BCUT2D eigenvalue weighted by Crippen LogP contribution is -1.98. The molecule has 4 aromatic rings. The maximum atomic E-state index is 10.3. The molecule has 1 heterocycles. The van der Waals surface area contributed by atoms with E-state index in [1.54, 1.807) is 6.07 Å². The van der Waals surface area contributed by atoms with E-state index in [0.717, 1.165) is 17.4 Å². The second kappa shape index (κ2) is 10.6. The summed E-state index contributed by atoms with van der Waals surface area (Å²) in [7, 11) is 0. The number of hydrogen-bond donors (Lipinski definition) is 1. The fraction of sp³-hybridized carbons (Fsp3) is 0.308. The van der Waals surface area contributed by atoms with Crippen LogP contribution in [0.2, 0.25) is 0 Å². The van der Waals surface area contributed by atoms with Crippen LogP contribution in [0.5, 0.6) is 5.75 Å². The molecular formula is C26H31NO. The van der Waals surface area contributed by atoms with Crippen LogP contribution in [0.15, 0.2) is 78.9 Å². The molecule has 2 nitrogen and oxygen atoms in total. The number of phenolic OH excluding ortho intramolecular Hbond substituents is 1. The third-order valence-corrected chi connectivity index (χ3v) is 5.17. The number of para-hydroxylation sites is 2. The van der Waals surface area contributed by atoms with Crippen molar-refractivity contribution in [2.75, 3.05) is 0 Å². The number of aryl methyl sites for hydroxylation is 1. The number of phenols is 1. The fourth-order valence-electron chi connectivity index (χ4n) is 3.76. The van der Waals surface area contributed by atoms with E-state index in [1.807, 2.05) is 42.5 Å². The number of unbranched alkanes of at least 4 members (excludes halogenated alkanes) is 5. The quantitative estimate of drug-likeness (QED) is 0.332. The zero-order valence-electron chi connectivity index (χ0n) is 16.8. The van der Waals surface area contributed by atoms with Crippen molar-refractivity contribution in [3.8, 4) is 5.75 Å². The fourth-order valence-corrected chi connectivity index (χ4v) is 3.76. The number of nitrogens with zero attached hydrogens (tertiary/aromatic N) is 1. The lowest BCUT2D eigenvalue weighted by atomic mass is 10.1. The highest BCUT2D eigenvalue weighted by Crippen LogP contribution is 2.34. The maximum absolute atomic E-state index is 10.3. The summed E-state index contributed by atoms with van der Waals surface area (Å²) in [5.74, 6) is 0.389. The molecule has 0 aliphatic rings. The van der Waals surface area contributed by atoms with Crippen LogP contribution in [0, 0.1) is 0 Å². The van der Waals surface area contributed by atoms with Crippen molar-refractivity contribution in [1.29, 1.82) is 0 Å². The number of rotatable bonds is 7. The van der Waals surface area contributed by atoms with Crippen molar-refractivity contribution in [1.82, 2.24) is 4.57 Å². The number of aromatic hydroxyl groups is 1. The number of aromatic nitrogens is 1. The molecule has 0 unspecified atom stereocenters. The van der Waals surface area contributed by atoms with Gasteiger partial charge in [0.25, 0.3) is 0 Å². The first-order valence-corrected chi connectivity index (χ1v) is 10.5. The highest BCUT2D eigenvalue weighted by Gasteiger charge is 2.12. The maximum Gasteiger partial charge on any atom is 0.139 e. The van der Waals surface area contributed by atoms with Crippen LogP contribution in [0.3, 0.4) is 0 Å². The van der Waals surface area contributed by atoms with Crippen LogP contribution in [0.25, 0.3) is 21.8 Å². The van der Waals surface area contributed by atoms with Crippen LogP contribution in [-0.4, -0.2) is 9.67 Å². The second-order valence-corrected chi connectivity index (χ2v) is 7.26. The minimum Gasteiger partial charge on any atom is -0.506 e. The van der Waals surface area contributed by atoms with Gasteiger partial charge in [-0.05, 0) is 18.6 Å². The minimum absolute atomic E-state index is 0.389. The molecule has 0 spiro atoms. The zero-order chi connectivity index (χ0) is 19.6. The SMILES string of the molecule is CCCCCCCCn1c2ccccc2c2cccc(O)c21.c1ccccc1. The summed E-state index contributed by atoms with van der Waals surface area (Å²) in [5.41, 5.74) is 2.21. The molecule has 1 aromatic heterocycles. The molecule has 0 saturated heterocycles. The third-order valence-electron chi connectivity index (χ3n) is 5.17. The van der Waals surface area contributed by atoms with Gasteiger partial charge in [-0.3, -0.25) is 0 Å². The molecule has 0 fully saturated rings. The monoisotopic (exact) mass is 373 g/mol. The van der Waals surface area contributed by atoms with Crippen LogP contribution in [0.4, 0.5) is 0 Å². The lowest BCUT2D eigenvalue weighted by Gasteiger charge is -2.08. The Kier molecular flexibility index (Phi) is 7.54. The minimum atomic E-state index is 0.389. The van der Waals surface area contributed by atoms with E-state index in [2.05, 4.69) is 41.8 Å². The summed E-state index contributed by atoms with van der Waals surface area (Å²) >= 11 is 0. The Morgan fingerprint density at radius 1 is 0.643 bits per heavy atom. The van der Waals surface area contributed by atoms with Crippen LogP contribution in [-0.2, 0) is 6.54 Å². The molecule has 0 amide bonds. The standard InChI is InChI=1S/C20H25NO.C6H6/c1-2-3-4-5-6-9-15-21-18-13-8-7-11-16(18)17-12-10-14-19(22)20(17)21;1-2-4-6-5-3-1/h7-8,10-14,22H,2-6,9,15H2,1H3;1-6H. The van der Waals surface area contributed by atoms with Gasteiger partial charge in [0.05, 0.1) is 5.52 Å². The topological polar surface area (TPSA) is 25.2 Å². The normalized spacial score (nSPS) is 10.8. The summed E-state index contributed by atoms with van der Waals surface area (Å²) in [6.45, 7) is 3.23. The Bertz CT molecular complexity index is 945. The molecule has 0 atom stereocenters. The molecule has 0 saturated carbocycles. The predicted octanol–water partition coefficient (Wildman–Crippen LogP) is 7.55. The van der Waals surface area contributed by atoms with Gasteiger partial charge in [-0.2, -0.15) is 0 Å². The first-order valence-electron chi connectivity index (χ1n) is 10.5. The van der Waals surface area contributed by atoms with Crippen molar-refractivity contribution < 1.29 is 5.11 Å². The van der Waals surface area contributed by atoms with E-state index in [4.69, 9.17) is 0 Å². The molecule has 0 aliphatic carbocycles. The van der Waals surface area contributed by atoms with Gasteiger partial charge in [0, 0.05) is 22.8 Å². The van der Waals surface area contributed by atoms with Gasteiger partial charge in [-0.15, -0.1) is 0 Å². The van der Waals surface area contributed by atoms with Gasteiger partial charge in [0.1, 0.15) is 5.75 Å². The van der Waals surface area contributed by atoms with Gasteiger partial charge < -0.3 is 9.67 Å². The Morgan fingerprint density at radius 2 is 1.25 bits per heavy atom. The zero-order valence-corrected chi connectivity index (χ0v) is 16.8. The summed E-state index contributed by atoms with van der Waals surface area (Å²) in [6, 6.07) is 26.3. The van der Waals surface area contributed by atoms with Crippen LogP contribution < -0.4 is 0 Å². The first-order chi connectivity index (χ1) is 13.8. The second-order valence-electron chi connectivity index (χ2n) is 7.26. The van der Waals surface area contributed by atoms with Gasteiger partial charge in [0.2, 0.25) is 0 Å². The summed E-state index contributed by atoms with van der Waals surface area (Å²) in [4.78, 5) is 0. The summed E-state index contributed by atoms with van der Waals surface area (Å²) < 4.78 is 2.29. The Labute approximate surface area is 168 Å². The van der Waals surface area contributed by atoms with Gasteiger partial charge >= 0.3 is 0 Å². The highest BCUT2D eigenvalue weighted by molar-refractivity contribution is 6.09. The van der Waals surface area contributed by atoms with Crippen molar-refractivity contribution in [2.45, 2.75) is 52.0 Å². The number of benzene rings is 3. The van der Waals surface area contributed by atoms with Crippen LogP contribution in [0.1, 0.15) is 45.4 Å². The average Bonchev–Trinajstić information content (AvgIpc) is 3.08. The van der Waals surface area contributed by atoms with Gasteiger partial charge in [-0.25, -0.2) is 0 Å². The molecule has 0 aliphatic heterocycles. The van der Waals surface area contributed by atoms with Crippen molar-refractivity contribution in [2.24, 2.45) is 0 Å². The molecule has 1 N–H and O–H groups in total. The third kappa shape index (κ3) is 4.95. The van der Waals surface area contributed by atoms with E-state index in [-0.39, 0.29) is 0 Å². The molecule has 3 aromatic carbocycles. The van der Waals surface area contributed by atoms with E-state index in [0.29, 0.717) is 5.75 Å². The molecule has 0 bridgehead atoms. The average molecular weight is 374 g/mol. The lowest BCUT2D eigenvalue weighted by molar-refractivity contribution is 0.476. The molecule has 0 radical (unpaired) electrons. The van der Waals surface area contributed by atoms with Crippen molar-refractivity contribution in [3.63, 3.8) is 0 Å². The largest absolute Gasteiger partial charge is 0.506 e. The number of fused-ring (bicyclic) bond motifs is 3. The van der Waals surface area contributed by atoms with Crippen LogP contribution >= 0.6 is 0 Å². The smallest absolute Gasteiger partial charge is 0.139 e. The van der Waals surface area contributed by atoms with E-state index in [1.165, 1.54) is 49.4 Å². The predicted molar refractivity (Wildman–Crippen MR) is 121 cm³/mol. The Morgan fingerprint density at radius 3 is 1.96 bits per heavy atom. The van der Waals surface area contributed by atoms with Crippen molar-refractivity contribution >= 4 is 21.8 Å². The molecular weight excluding hydrogens is 342 g/mol. The molecule has 146 valence electrons. The van der Waals surface area contributed by atoms with E-state index in [9.17, 15) is 5.11 Å². The molecule has 2 heteroatoms. The molecule has 28 heavy (non-hydrogen) atoms. The Balaban J connectivity index is 0.000000320. The summed E-state index contributed by atoms with van der Waals surface area (Å²) in [6.07, 6.45) is 7.73. The van der Waals surface area contributed by atoms with E-state index < -0.39 is 0 Å². The van der Waals surface area contributed by atoms with Crippen molar-refractivity contribution in [3.05, 3.63) is 78.9 Å². The highest BCUT2D eigenvalue weighted by atomic mass is 16.3. The Hall–Kier alpha value is -2.74. The first kappa shape index (κ1) is 20.0. The summed E-state index contributed by atoms with van der Waals surface area (Å²) in [5, 5.41) is 12.7. The van der Waals surface area contributed by atoms with E-state index >= 15 is 0 Å². The molecule has 4 rings (SSSR count). The number of hydrogen-bond acceptors (Lipinski definition) is 1. The van der Waals surface area contributed by atoms with Gasteiger partial charge in [-0.1, -0.05) is 106 Å².